The van der Waals surface area contributed by atoms with E-state index in [-0.39, 0.29) is 6.10 Å². The van der Waals surface area contributed by atoms with Crippen LogP contribution in [0.25, 0.3) is 0 Å². The third-order valence-corrected chi connectivity index (χ3v) is 1.87. The lowest BCUT2D eigenvalue weighted by molar-refractivity contribution is -0.138. The minimum atomic E-state index is -0.993. The second kappa shape index (κ2) is 7.92. The molecule has 6 nitrogen and oxygen atoms in total. The molecule has 0 aromatic heterocycles. The number of hydrogen-bond acceptors (Lipinski definition) is 4. The second-order valence-corrected chi connectivity index (χ2v) is 3.82. The van der Waals surface area contributed by atoms with Crippen LogP contribution in [0, 0.1) is 0 Å². The summed E-state index contributed by atoms with van der Waals surface area (Å²) < 4.78 is 4.85. The van der Waals surface area contributed by atoms with Crippen molar-refractivity contribution < 1.29 is 19.4 Å². The summed E-state index contributed by atoms with van der Waals surface area (Å²) in [6, 6.07) is -0.817. The van der Waals surface area contributed by atoms with Gasteiger partial charge in [-0.25, -0.2) is 4.79 Å². The summed E-state index contributed by atoms with van der Waals surface area (Å²) >= 11 is 0. The molecule has 1 atom stereocenters. The van der Waals surface area contributed by atoms with Crippen molar-refractivity contribution in [3.63, 3.8) is 0 Å². The number of hydrogen-bond donors (Lipinski definition) is 3. The minimum Gasteiger partial charge on any atom is -0.480 e. The maximum absolute atomic E-state index is 11.0. The van der Waals surface area contributed by atoms with Crippen LogP contribution in [-0.4, -0.2) is 35.9 Å². The van der Waals surface area contributed by atoms with E-state index < -0.39 is 18.1 Å². The quantitative estimate of drug-likeness (QED) is 0.561. The molecule has 0 rings (SSSR count). The molecule has 0 heterocycles. The summed E-state index contributed by atoms with van der Waals surface area (Å²) in [4.78, 5) is 21.4. The molecule has 0 bridgehead atoms. The predicted molar refractivity (Wildman–Crippen MR) is 59.1 cm³/mol. The Labute approximate surface area is 95.1 Å². The Hall–Kier alpha value is -1.30. The lowest BCUT2D eigenvalue weighted by Crippen LogP contribution is -2.30. The van der Waals surface area contributed by atoms with Gasteiger partial charge in [0.15, 0.2) is 0 Å². The highest BCUT2D eigenvalue weighted by atomic mass is 16.6. The molecule has 1 amide bonds. The van der Waals surface area contributed by atoms with Gasteiger partial charge in [-0.15, -0.1) is 0 Å². The van der Waals surface area contributed by atoms with Gasteiger partial charge in [0.2, 0.25) is 0 Å². The number of rotatable bonds is 7. The van der Waals surface area contributed by atoms with Crippen LogP contribution in [0.2, 0.25) is 0 Å². The van der Waals surface area contributed by atoms with Crippen molar-refractivity contribution in [2.24, 2.45) is 5.73 Å². The molecule has 94 valence electrons. The van der Waals surface area contributed by atoms with E-state index in [9.17, 15) is 9.59 Å². The molecule has 0 aliphatic carbocycles. The van der Waals surface area contributed by atoms with Crippen molar-refractivity contribution in [1.82, 2.24) is 5.32 Å². The number of nitrogens with two attached hydrogens (primary N) is 1. The zero-order valence-electron chi connectivity index (χ0n) is 9.73. The molecule has 0 aromatic carbocycles. The maximum Gasteiger partial charge on any atom is 0.407 e. The van der Waals surface area contributed by atoms with Crippen molar-refractivity contribution in [2.45, 2.75) is 45.3 Å². The Morgan fingerprint density at radius 3 is 2.50 bits per heavy atom. The molecule has 4 N–H and O–H groups in total. The fourth-order valence-corrected chi connectivity index (χ4v) is 1.06. The number of amides is 1. The van der Waals surface area contributed by atoms with E-state index in [4.69, 9.17) is 15.6 Å². The zero-order chi connectivity index (χ0) is 12.6. The van der Waals surface area contributed by atoms with Crippen LogP contribution in [0.3, 0.4) is 0 Å². The van der Waals surface area contributed by atoms with Crippen molar-refractivity contribution in [1.29, 1.82) is 0 Å². The lowest BCUT2D eigenvalue weighted by Gasteiger charge is -2.09. The molecule has 0 spiro atoms. The fraction of sp³-hybridized carbons (Fsp3) is 0.800. The van der Waals surface area contributed by atoms with Gasteiger partial charge < -0.3 is 20.9 Å². The number of aliphatic carboxylic acids is 1. The monoisotopic (exact) mass is 232 g/mol. The Balaban J connectivity index is 3.40. The van der Waals surface area contributed by atoms with E-state index in [1.807, 2.05) is 0 Å². The zero-order valence-corrected chi connectivity index (χ0v) is 9.73. The van der Waals surface area contributed by atoms with E-state index in [1.54, 1.807) is 13.8 Å². The number of unbranched alkanes of at least 4 members (excludes halogenated alkanes) is 1. The van der Waals surface area contributed by atoms with Gasteiger partial charge in [-0.3, -0.25) is 4.79 Å². The van der Waals surface area contributed by atoms with Gasteiger partial charge in [0, 0.05) is 6.54 Å². The second-order valence-electron chi connectivity index (χ2n) is 3.82. The van der Waals surface area contributed by atoms with E-state index in [0.29, 0.717) is 25.8 Å². The first-order chi connectivity index (χ1) is 7.43. The first kappa shape index (κ1) is 14.7. The fourth-order valence-electron chi connectivity index (χ4n) is 1.06. The lowest BCUT2D eigenvalue weighted by atomic mass is 10.1. The normalized spacial score (nSPS) is 12.2. The molecule has 0 radical (unpaired) electrons. The molecule has 0 aliphatic heterocycles. The highest BCUT2D eigenvalue weighted by Crippen LogP contribution is 1.98. The molecule has 0 aromatic rings. The summed E-state index contributed by atoms with van der Waals surface area (Å²) in [5, 5.41) is 11.1. The average Bonchev–Trinajstić information content (AvgIpc) is 2.15. The Bertz CT molecular complexity index is 231. The molecule has 6 heteroatoms. The number of nitrogens with one attached hydrogen (secondary N) is 1. The van der Waals surface area contributed by atoms with Crippen LogP contribution in [0.1, 0.15) is 33.1 Å². The Morgan fingerprint density at radius 2 is 2.00 bits per heavy atom. The number of carbonyl (C=O) groups excluding carboxylic acids is 1. The first-order valence-corrected chi connectivity index (χ1v) is 5.36. The van der Waals surface area contributed by atoms with Crippen LogP contribution in [-0.2, 0) is 9.53 Å². The van der Waals surface area contributed by atoms with Crippen molar-refractivity contribution >= 4 is 12.1 Å². The largest absolute Gasteiger partial charge is 0.480 e. The van der Waals surface area contributed by atoms with Crippen LogP contribution < -0.4 is 11.1 Å². The van der Waals surface area contributed by atoms with Crippen LogP contribution in [0.5, 0.6) is 0 Å². The third-order valence-electron chi connectivity index (χ3n) is 1.87. The van der Waals surface area contributed by atoms with Gasteiger partial charge in [0.1, 0.15) is 6.04 Å². The first-order valence-electron chi connectivity index (χ1n) is 5.36. The van der Waals surface area contributed by atoms with E-state index >= 15 is 0 Å². The molecule has 0 saturated carbocycles. The SMILES string of the molecule is CC(C)OC(=O)NCCCC[C@H](N)C(=O)O. The van der Waals surface area contributed by atoms with Crippen LogP contribution >= 0.6 is 0 Å². The number of carboxylic acid groups (broad SMARTS) is 1. The molecule has 16 heavy (non-hydrogen) atoms. The van der Waals surface area contributed by atoms with E-state index in [0.717, 1.165) is 0 Å². The summed E-state index contributed by atoms with van der Waals surface area (Å²) in [5.74, 6) is -0.993. The van der Waals surface area contributed by atoms with Crippen LogP contribution in [0.15, 0.2) is 0 Å². The maximum atomic E-state index is 11.0. The summed E-state index contributed by atoms with van der Waals surface area (Å²) in [7, 11) is 0. The van der Waals surface area contributed by atoms with Gasteiger partial charge >= 0.3 is 12.1 Å². The molecule has 0 unspecified atom stereocenters. The van der Waals surface area contributed by atoms with Gasteiger partial charge in [0.25, 0.3) is 0 Å². The van der Waals surface area contributed by atoms with Gasteiger partial charge in [-0.1, -0.05) is 0 Å². The van der Waals surface area contributed by atoms with E-state index in [2.05, 4.69) is 5.32 Å². The summed E-state index contributed by atoms with van der Waals surface area (Å²) in [5.41, 5.74) is 5.31. The van der Waals surface area contributed by atoms with Gasteiger partial charge in [-0.2, -0.15) is 0 Å². The average molecular weight is 232 g/mol. The van der Waals surface area contributed by atoms with Crippen molar-refractivity contribution in [3.05, 3.63) is 0 Å². The number of alkyl carbamates (subject to hydrolysis) is 1. The molecular formula is C10H20N2O4. The topological polar surface area (TPSA) is 102 Å². The molecule has 0 aliphatic rings. The van der Waals surface area contributed by atoms with Crippen LogP contribution in [0.4, 0.5) is 4.79 Å². The van der Waals surface area contributed by atoms with E-state index in [1.165, 1.54) is 0 Å². The van der Waals surface area contributed by atoms with Gasteiger partial charge in [-0.05, 0) is 33.1 Å². The molecule has 0 fully saturated rings. The Morgan fingerprint density at radius 1 is 1.38 bits per heavy atom. The highest BCUT2D eigenvalue weighted by Gasteiger charge is 2.10. The standard InChI is InChI=1S/C10H20N2O4/c1-7(2)16-10(15)12-6-4-3-5-8(11)9(13)14/h7-8H,3-6,11H2,1-2H3,(H,12,15)(H,13,14)/t8-/m0/s1. The highest BCUT2D eigenvalue weighted by molar-refractivity contribution is 5.72. The summed E-state index contributed by atoms with van der Waals surface area (Å²) in [6.07, 6.45) is 1.18. The van der Waals surface area contributed by atoms with Crippen molar-refractivity contribution in [2.75, 3.05) is 6.54 Å². The summed E-state index contributed by atoms with van der Waals surface area (Å²) in [6.45, 7) is 4.01. The molecular weight excluding hydrogens is 212 g/mol. The Kier molecular flexibility index (Phi) is 7.28. The smallest absolute Gasteiger partial charge is 0.407 e. The van der Waals surface area contributed by atoms with Crippen molar-refractivity contribution in [3.8, 4) is 0 Å². The van der Waals surface area contributed by atoms with Gasteiger partial charge in [0.05, 0.1) is 6.10 Å². The number of carboxylic acids is 1. The number of carbonyl (C=O) groups is 2. The number of ether oxygens (including phenoxy) is 1. The predicted octanol–water partition coefficient (Wildman–Crippen LogP) is 0.703. The minimum absolute atomic E-state index is 0.138. The third kappa shape index (κ3) is 8.05. The molecule has 0 saturated heterocycles.